The number of hydrazine groups is 1. The van der Waals surface area contributed by atoms with E-state index in [2.05, 4.69) is 16.2 Å². The number of rotatable bonds is 4. The quantitative estimate of drug-likeness (QED) is 0.573. The normalized spacial score (nSPS) is 11.0. The molecule has 0 bridgehead atoms. The third-order valence-electron chi connectivity index (χ3n) is 2.65. The molecule has 0 aromatic heterocycles. The van der Waals surface area contributed by atoms with Gasteiger partial charge in [-0.2, -0.15) is 0 Å². The van der Waals surface area contributed by atoms with E-state index in [0.717, 1.165) is 5.56 Å². The summed E-state index contributed by atoms with van der Waals surface area (Å²) in [5.74, 6) is -1.20. The molecule has 0 heterocycles. The summed E-state index contributed by atoms with van der Waals surface area (Å²) in [4.78, 5) is 34.6. The minimum atomic E-state index is -0.602. The maximum atomic E-state index is 11.6. The standard InChI is InChI=1S/C16H21N3O3/c1-16(2,3)15(22)19-18-14(21)11-17-13(20)10-9-12-7-5-4-6-8-12/h4-10H,11H2,1-3H3,(H,17,20)(H,18,21)(H,19,22)/b10-9+. The number of carbonyl (C=O) groups excluding carboxylic acids is 3. The predicted molar refractivity (Wildman–Crippen MR) is 84.2 cm³/mol. The van der Waals surface area contributed by atoms with Crippen LogP contribution in [0.3, 0.4) is 0 Å². The molecule has 0 saturated carbocycles. The highest BCUT2D eigenvalue weighted by atomic mass is 16.2. The van der Waals surface area contributed by atoms with Gasteiger partial charge in [0, 0.05) is 11.5 Å². The first-order valence-electron chi connectivity index (χ1n) is 6.89. The molecule has 0 radical (unpaired) electrons. The molecule has 1 aromatic rings. The smallest absolute Gasteiger partial charge is 0.257 e. The van der Waals surface area contributed by atoms with Crippen molar-refractivity contribution in [3.63, 3.8) is 0 Å². The van der Waals surface area contributed by atoms with Crippen LogP contribution >= 0.6 is 0 Å². The third kappa shape index (κ3) is 6.69. The number of hydrogen-bond donors (Lipinski definition) is 3. The van der Waals surface area contributed by atoms with Gasteiger partial charge in [0.25, 0.3) is 5.91 Å². The molecule has 0 aliphatic heterocycles. The van der Waals surface area contributed by atoms with Crippen molar-refractivity contribution in [3.05, 3.63) is 42.0 Å². The van der Waals surface area contributed by atoms with E-state index in [9.17, 15) is 14.4 Å². The molecule has 0 saturated heterocycles. The third-order valence-corrected chi connectivity index (χ3v) is 2.65. The maximum absolute atomic E-state index is 11.6. The Labute approximate surface area is 129 Å². The van der Waals surface area contributed by atoms with Crippen LogP contribution in [0.15, 0.2) is 36.4 Å². The average molecular weight is 303 g/mol. The van der Waals surface area contributed by atoms with Crippen molar-refractivity contribution >= 4 is 23.8 Å². The Kier molecular flexibility index (Phi) is 6.31. The van der Waals surface area contributed by atoms with Crippen molar-refractivity contribution in [2.24, 2.45) is 5.41 Å². The zero-order chi connectivity index (χ0) is 16.6. The van der Waals surface area contributed by atoms with E-state index in [1.807, 2.05) is 30.3 Å². The summed E-state index contributed by atoms with van der Waals surface area (Å²) in [6.07, 6.45) is 2.99. The van der Waals surface area contributed by atoms with Crippen molar-refractivity contribution in [2.75, 3.05) is 6.54 Å². The van der Waals surface area contributed by atoms with E-state index < -0.39 is 11.3 Å². The molecule has 6 heteroatoms. The van der Waals surface area contributed by atoms with Gasteiger partial charge in [-0.3, -0.25) is 25.2 Å². The first-order chi connectivity index (χ1) is 10.3. The molecule has 0 aliphatic carbocycles. The van der Waals surface area contributed by atoms with E-state index >= 15 is 0 Å². The van der Waals surface area contributed by atoms with Gasteiger partial charge < -0.3 is 5.32 Å². The molecular formula is C16H21N3O3. The molecule has 0 atom stereocenters. The summed E-state index contributed by atoms with van der Waals surface area (Å²) in [7, 11) is 0. The molecule has 3 N–H and O–H groups in total. The van der Waals surface area contributed by atoms with Gasteiger partial charge in [-0.15, -0.1) is 0 Å². The molecule has 1 rings (SSSR count). The zero-order valence-corrected chi connectivity index (χ0v) is 13.0. The topological polar surface area (TPSA) is 87.3 Å². The summed E-state index contributed by atoms with van der Waals surface area (Å²) < 4.78 is 0. The van der Waals surface area contributed by atoms with E-state index in [-0.39, 0.29) is 18.4 Å². The van der Waals surface area contributed by atoms with Gasteiger partial charge >= 0.3 is 0 Å². The van der Waals surface area contributed by atoms with Crippen molar-refractivity contribution in [3.8, 4) is 0 Å². The number of amides is 3. The molecule has 118 valence electrons. The molecule has 1 aromatic carbocycles. The number of nitrogens with one attached hydrogen (secondary N) is 3. The van der Waals surface area contributed by atoms with E-state index in [4.69, 9.17) is 0 Å². The SMILES string of the molecule is CC(C)(C)C(=O)NNC(=O)CNC(=O)/C=C/c1ccccc1. The predicted octanol–water partition coefficient (Wildman–Crippen LogP) is 1.01. The molecular weight excluding hydrogens is 282 g/mol. The lowest BCUT2D eigenvalue weighted by atomic mass is 9.96. The summed E-state index contributed by atoms with van der Waals surface area (Å²) in [5, 5.41) is 2.43. The Balaban J connectivity index is 2.31. The van der Waals surface area contributed by atoms with Gasteiger partial charge in [0.2, 0.25) is 11.8 Å². The van der Waals surface area contributed by atoms with Crippen molar-refractivity contribution in [1.82, 2.24) is 16.2 Å². The van der Waals surface area contributed by atoms with Gasteiger partial charge in [-0.1, -0.05) is 51.1 Å². The van der Waals surface area contributed by atoms with E-state index in [1.165, 1.54) is 6.08 Å². The lowest BCUT2D eigenvalue weighted by Crippen LogP contribution is -2.49. The second-order valence-electron chi connectivity index (χ2n) is 5.71. The largest absolute Gasteiger partial charge is 0.343 e. The summed E-state index contributed by atoms with van der Waals surface area (Å²) in [5.41, 5.74) is 4.82. The fourth-order valence-corrected chi connectivity index (χ4v) is 1.32. The van der Waals surface area contributed by atoms with Crippen LogP contribution in [0.4, 0.5) is 0 Å². The van der Waals surface area contributed by atoms with Crippen LogP contribution in [0.1, 0.15) is 26.3 Å². The Bertz CT molecular complexity index is 560. The Hall–Kier alpha value is -2.63. The van der Waals surface area contributed by atoms with Crippen LogP contribution in [0.5, 0.6) is 0 Å². The Morgan fingerprint density at radius 1 is 1.05 bits per heavy atom. The van der Waals surface area contributed by atoms with Crippen LogP contribution in [0, 0.1) is 5.41 Å². The number of benzene rings is 1. The van der Waals surface area contributed by atoms with Gasteiger partial charge in [0.05, 0.1) is 6.54 Å². The lowest BCUT2D eigenvalue weighted by molar-refractivity contribution is -0.133. The van der Waals surface area contributed by atoms with E-state index in [1.54, 1.807) is 26.8 Å². The van der Waals surface area contributed by atoms with E-state index in [0.29, 0.717) is 0 Å². The van der Waals surface area contributed by atoms with Crippen LogP contribution < -0.4 is 16.2 Å². The van der Waals surface area contributed by atoms with Crippen LogP contribution in [0.25, 0.3) is 6.08 Å². The van der Waals surface area contributed by atoms with Gasteiger partial charge in [0.15, 0.2) is 0 Å². The van der Waals surface area contributed by atoms with Gasteiger partial charge in [-0.05, 0) is 11.6 Å². The summed E-state index contributed by atoms with van der Waals surface area (Å²) in [6, 6.07) is 9.33. The molecule has 3 amide bonds. The molecule has 0 spiro atoms. The minimum Gasteiger partial charge on any atom is -0.343 e. The van der Waals surface area contributed by atoms with Crippen molar-refractivity contribution in [2.45, 2.75) is 20.8 Å². The molecule has 6 nitrogen and oxygen atoms in total. The van der Waals surface area contributed by atoms with Crippen LogP contribution in [-0.4, -0.2) is 24.3 Å². The Morgan fingerprint density at radius 2 is 1.68 bits per heavy atom. The lowest BCUT2D eigenvalue weighted by Gasteiger charge is -2.17. The first kappa shape index (κ1) is 17.4. The van der Waals surface area contributed by atoms with Gasteiger partial charge in [-0.25, -0.2) is 0 Å². The minimum absolute atomic E-state index is 0.220. The molecule has 0 aliphatic rings. The van der Waals surface area contributed by atoms with Gasteiger partial charge in [0.1, 0.15) is 0 Å². The van der Waals surface area contributed by atoms with Crippen LogP contribution in [0.2, 0.25) is 0 Å². The highest BCUT2D eigenvalue weighted by Crippen LogP contribution is 2.11. The van der Waals surface area contributed by atoms with Crippen LogP contribution in [-0.2, 0) is 14.4 Å². The first-order valence-corrected chi connectivity index (χ1v) is 6.89. The second kappa shape index (κ2) is 7.97. The maximum Gasteiger partial charge on any atom is 0.257 e. The highest BCUT2D eigenvalue weighted by Gasteiger charge is 2.21. The second-order valence-corrected chi connectivity index (χ2v) is 5.71. The fraction of sp³-hybridized carbons (Fsp3) is 0.312. The van der Waals surface area contributed by atoms with Crippen molar-refractivity contribution < 1.29 is 14.4 Å². The number of carbonyl (C=O) groups is 3. The van der Waals surface area contributed by atoms with Crippen molar-refractivity contribution in [1.29, 1.82) is 0 Å². The average Bonchev–Trinajstić information content (AvgIpc) is 2.48. The highest BCUT2D eigenvalue weighted by molar-refractivity contribution is 5.94. The zero-order valence-electron chi connectivity index (χ0n) is 13.0. The molecule has 22 heavy (non-hydrogen) atoms. The summed E-state index contributed by atoms with van der Waals surface area (Å²) >= 11 is 0. The summed E-state index contributed by atoms with van der Waals surface area (Å²) in [6.45, 7) is 4.96. The fourth-order valence-electron chi connectivity index (χ4n) is 1.32. The number of hydrogen-bond acceptors (Lipinski definition) is 3. The monoisotopic (exact) mass is 303 g/mol. The Morgan fingerprint density at radius 3 is 2.27 bits per heavy atom. The molecule has 0 fully saturated rings. The molecule has 0 unspecified atom stereocenters.